The topological polar surface area (TPSA) is 37.4 Å². The lowest BCUT2D eigenvalue weighted by molar-refractivity contribution is -0.114. The molecule has 1 aromatic rings. The van der Waals surface area contributed by atoms with Gasteiger partial charge in [0, 0.05) is 6.54 Å². The molecule has 4 heteroatoms. The number of rotatable bonds is 5. The summed E-state index contributed by atoms with van der Waals surface area (Å²) in [4.78, 5) is 25.2. The molecule has 1 amide bonds. The minimum atomic E-state index is -0.459. The molecule has 0 spiro atoms. The number of Topliss-reactive ketones (excluding diaryl/α,β-unsaturated/α-hetero) is 1. The Labute approximate surface area is 106 Å². The number of nitrogens with zero attached hydrogens (tertiary/aromatic N) is 1. The van der Waals surface area contributed by atoms with Crippen LogP contribution in [-0.2, 0) is 4.79 Å². The molecule has 96 valence electrons. The van der Waals surface area contributed by atoms with E-state index in [9.17, 15) is 14.0 Å². The summed E-state index contributed by atoms with van der Waals surface area (Å²) in [7, 11) is 0. The predicted octanol–water partition coefficient (Wildman–Crippen LogP) is 2.66. The van der Waals surface area contributed by atoms with Gasteiger partial charge in [-0.2, -0.15) is 0 Å². The first kappa shape index (κ1) is 12.7. The molecule has 0 atom stereocenters. The molecule has 0 unspecified atom stereocenters. The Morgan fingerprint density at radius 3 is 2.67 bits per heavy atom. The highest BCUT2D eigenvalue weighted by Gasteiger charge is 2.36. The number of alkyl halides is 1. The van der Waals surface area contributed by atoms with Crippen LogP contribution in [0.1, 0.15) is 35.2 Å². The molecule has 1 heterocycles. The number of unbranched alkanes of at least 4 members (excludes halogenated alkanes) is 2. The number of halogens is 1. The lowest BCUT2D eigenvalue weighted by atomic mass is 10.1. The van der Waals surface area contributed by atoms with E-state index in [0.717, 1.165) is 24.1 Å². The number of ketones is 1. The maximum Gasteiger partial charge on any atom is 0.299 e. The Morgan fingerprint density at radius 1 is 1.17 bits per heavy atom. The zero-order valence-corrected chi connectivity index (χ0v) is 10.4. The zero-order valence-electron chi connectivity index (χ0n) is 10.4. The van der Waals surface area contributed by atoms with Crippen LogP contribution in [-0.4, -0.2) is 24.9 Å². The van der Waals surface area contributed by atoms with Gasteiger partial charge in [-0.25, -0.2) is 0 Å². The molecular weight excluding hydrogens is 233 g/mol. The van der Waals surface area contributed by atoms with Crippen LogP contribution < -0.4 is 4.90 Å². The van der Waals surface area contributed by atoms with Gasteiger partial charge < -0.3 is 4.90 Å². The number of anilines is 1. The van der Waals surface area contributed by atoms with Crippen molar-refractivity contribution < 1.29 is 14.0 Å². The molecule has 0 bridgehead atoms. The highest BCUT2D eigenvalue weighted by Crippen LogP contribution is 2.32. The van der Waals surface area contributed by atoms with Crippen LogP contribution in [0, 0.1) is 6.92 Å². The van der Waals surface area contributed by atoms with Crippen molar-refractivity contribution >= 4 is 17.4 Å². The number of benzene rings is 1. The van der Waals surface area contributed by atoms with Crippen molar-refractivity contribution in [3.63, 3.8) is 0 Å². The number of amides is 1. The highest BCUT2D eigenvalue weighted by atomic mass is 19.1. The molecule has 1 aliphatic heterocycles. The van der Waals surface area contributed by atoms with Gasteiger partial charge in [0.2, 0.25) is 0 Å². The number of fused-ring (bicyclic) bond motifs is 1. The van der Waals surface area contributed by atoms with Crippen molar-refractivity contribution in [3.05, 3.63) is 29.3 Å². The molecular formula is C14H16FNO2. The van der Waals surface area contributed by atoms with Gasteiger partial charge in [-0.05, 0) is 37.8 Å². The number of hydrogen-bond donors (Lipinski definition) is 0. The monoisotopic (exact) mass is 249 g/mol. The van der Waals surface area contributed by atoms with Gasteiger partial charge >= 0.3 is 0 Å². The average Bonchev–Trinajstić information content (AvgIpc) is 2.61. The second-order valence-corrected chi connectivity index (χ2v) is 4.51. The van der Waals surface area contributed by atoms with Crippen LogP contribution in [0.3, 0.4) is 0 Å². The van der Waals surface area contributed by atoms with E-state index in [0.29, 0.717) is 18.5 Å². The van der Waals surface area contributed by atoms with E-state index in [4.69, 9.17) is 0 Å². The molecule has 0 radical (unpaired) electrons. The van der Waals surface area contributed by atoms with Crippen molar-refractivity contribution in [2.45, 2.75) is 26.2 Å². The third kappa shape index (κ3) is 2.15. The molecule has 3 nitrogen and oxygen atoms in total. The molecule has 0 aliphatic carbocycles. The Kier molecular flexibility index (Phi) is 3.75. The van der Waals surface area contributed by atoms with Crippen LogP contribution in [0.25, 0.3) is 0 Å². The van der Waals surface area contributed by atoms with Gasteiger partial charge in [-0.3, -0.25) is 14.0 Å². The second-order valence-electron chi connectivity index (χ2n) is 4.51. The number of carbonyl (C=O) groups excluding carboxylic acids is 2. The van der Waals surface area contributed by atoms with Crippen molar-refractivity contribution in [1.29, 1.82) is 0 Å². The molecule has 0 fully saturated rings. The summed E-state index contributed by atoms with van der Waals surface area (Å²) in [5.74, 6) is -0.890. The van der Waals surface area contributed by atoms with E-state index in [2.05, 4.69) is 0 Å². The third-order valence-corrected chi connectivity index (χ3v) is 3.21. The molecule has 1 aromatic carbocycles. The van der Waals surface area contributed by atoms with Crippen LogP contribution >= 0.6 is 0 Å². The number of aryl methyl sites for hydroxylation is 1. The van der Waals surface area contributed by atoms with Crippen LogP contribution in [0.2, 0.25) is 0 Å². The van der Waals surface area contributed by atoms with Crippen molar-refractivity contribution in [2.75, 3.05) is 18.1 Å². The summed E-state index contributed by atoms with van der Waals surface area (Å²) < 4.78 is 12.0. The fourth-order valence-electron chi connectivity index (χ4n) is 2.29. The predicted molar refractivity (Wildman–Crippen MR) is 67.7 cm³/mol. The molecule has 18 heavy (non-hydrogen) atoms. The summed E-state index contributed by atoms with van der Waals surface area (Å²) in [5.41, 5.74) is 2.15. The summed E-state index contributed by atoms with van der Waals surface area (Å²) in [6.45, 7) is 2.05. The Bertz CT molecular complexity index is 485. The SMILES string of the molecule is Cc1cccc2c1N(CCCCCF)C(=O)C2=O. The lowest BCUT2D eigenvalue weighted by Gasteiger charge is -2.18. The minimum absolute atomic E-state index is 0.331. The molecule has 0 saturated heterocycles. The van der Waals surface area contributed by atoms with Gasteiger partial charge in [-0.15, -0.1) is 0 Å². The van der Waals surface area contributed by atoms with Gasteiger partial charge in [0.25, 0.3) is 11.7 Å². The fourth-order valence-corrected chi connectivity index (χ4v) is 2.29. The Hall–Kier alpha value is -1.71. The quantitative estimate of drug-likeness (QED) is 0.594. The number of carbonyl (C=O) groups is 2. The van der Waals surface area contributed by atoms with E-state index in [1.165, 1.54) is 4.90 Å². The van der Waals surface area contributed by atoms with Gasteiger partial charge in [0.05, 0.1) is 17.9 Å². The smallest absolute Gasteiger partial charge is 0.299 e. The number of hydrogen-bond acceptors (Lipinski definition) is 2. The first-order valence-electron chi connectivity index (χ1n) is 6.18. The van der Waals surface area contributed by atoms with Crippen LogP contribution in [0.5, 0.6) is 0 Å². The van der Waals surface area contributed by atoms with Crippen molar-refractivity contribution in [1.82, 2.24) is 0 Å². The van der Waals surface area contributed by atoms with Gasteiger partial charge in [-0.1, -0.05) is 12.1 Å². The third-order valence-electron chi connectivity index (χ3n) is 3.21. The molecule has 0 N–H and O–H groups in total. The molecule has 0 saturated carbocycles. The van der Waals surface area contributed by atoms with Gasteiger partial charge in [0.15, 0.2) is 0 Å². The maximum atomic E-state index is 12.0. The normalized spacial score (nSPS) is 14.2. The fraction of sp³-hybridized carbons (Fsp3) is 0.429. The minimum Gasteiger partial charge on any atom is -0.304 e. The van der Waals surface area contributed by atoms with E-state index >= 15 is 0 Å². The summed E-state index contributed by atoms with van der Waals surface area (Å²) in [6, 6.07) is 5.36. The van der Waals surface area contributed by atoms with Gasteiger partial charge in [0.1, 0.15) is 0 Å². The van der Waals surface area contributed by atoms with Crippen LogP contribution in [0.4, 0.5) is 10.1 Å². The highest BCUT2D eigenvalue weighted by molar-refractivity contribution is 6.52. The van der Waals surface area contributed by atoms with Crippen LogP contribution in [0.15, 0.2) is 18.2 Å². The lowest BCUT2D eigenvalue weighted by Crippen LogP contribution is -2.31. The first-order valence-corrected chi connectivity index (χ1v) is 6.18. The summed E-state index contributed by atoms with van der Waals surface area (Å²) >= 11 is 0. The first-order chi connectivity index (χ1) is 8.66. The average molecular weight is 249 g/mol. The number of para-hydroxylation sites is 1. The Morgan fingerprint density at radius 2 is 1.94 bits per heavy atom. The van der Waals surface area contributed by atoms with Crippen molar-refractivity contribution in [3.8, 4) is 0 Å². The summed E-state index contributed by atoms with van der Waals surface area (Å²) in [6.07, 6.45) is 1.96. The zero-order chi connectivity index (χ0) is 13.1. The van der Waals surface area contributed by atoms with E-state index in [1.807, 2.05) is 13.0 Å². The van der Waals surface area contributed by atoms with E-state index < -0.39 is 11.7 Å². The van der Waals surface area contributed by atoms with E-state index in [1.54, 1.807) is 12.1 Å². The maximum absolute atomic E-state index is 12.0. The molecule has 0 aromatic heterocycles. The second kappa shape index (κ2) is 5.29. The summed E-state index contributed by atoms with van der Waals surface area (Å²) in [5, 5.41) is 0. The standard InChI is InChI=1S/C14H16FNO2/c1-10-6-5-7-11-12(10)16(14(18)13(11)17)9-4-2-3-8-15/h5-7H,2-4,8-9H2,1H3. The molecule has 2 rings (SSSR count). The van der Waals surface area contributed by atoms with Crippen molar-refractivity contribution in [2.24, 2.45) is 0 Å². The van der Waals surface area contributed by atoms with E-state index in [-0.39, 0.29) is 6.67 Å². The Balaban J connectivity index is 2.17. The largest absolute Gasteiger partial charge is 0.304 e. The molecule has 1 aliphatic rings.